The third kappa shape index (κ3) is 5.78. The fourth-order valence-electron chi connectivity index (χ4n) is 3.25. The number of carbonyl (C=O) groups is 3. The normalized spacial score (nSPS) is 19.2. The molecule has 0 aliphatic carbocycles. The van der Waals surface area contributed by atoms with Gasteiger partial charge in [0.1, 0.15) is 0 Å². The minimum atomic E-state index is -0.349. The molecular formula is C17H29N3O4. The van der Waals surface area contributed by atoms with Gasteiger partial charge in [-0.3, -0.25) is 19.3 Å². The van der Waals surface area contributed by atoms with Crippen molar-refractivity contribution >= 4 is 17.8 Å². The molecule has 2 aliphatic rings. The van der Waals surface area contributed by atoms with E-state index in [1.807, 2.05) is 4.90 Å². The second kappa shape index (κ2) is 9.61. The molecule has 136 valence electrons. The second-order valence-electron chi connectivity index (χ2n) is 6.49. The molecule has 7 nitrogen and oxygen atoms in total. The first-order valence-electron chi connectivity index (χ1n) is 8.95. The van der Waals surface area contributed by atoms with Gasteiger partial charge in [-0.1, -0.05) is 0 Å². The maximum atomic E-state index is 12.2. The molecule has 2 rings (SSSR count). The van der Waals surface area contributed by atoms with Gasteiger partial charge in [-0.2, -0.15) is 0 Å². The standard InChI is InChI=1S/C17H29N3O4/c1-24-17(23)6-5-15(21)20-13-11-18(12-14-20)10-7-16(22)19-8-3-2-4-9-19/h2-14H2,1H3. The Labute approximate surface area is 143 Å². The van der Waals surface area contributed by atoms with Crippen molar-refractivity contribution in [2.24, 2.45) is 0 Å². The smallest absolute Gasteiger partial charge is 0.306 e. The zero-order valence-corrected chi connectivity index (χ0v) is 14.7. The fourth-order valence-corrected chi connectivity index (χ4v) is 3.25. The molecule has 0 aromatic rings. The SMILES string of the molecule is COC(=O)CCC(=O)N1CCN(CCC(=O)N2CCCCC2)CC1. The molecular weight excluding hydrogens is 310 g/mol. The van der Waals surface area contributed by atoms with Gasteiger partial charge in [-0.15, -0.1) is 0 Å². The Morgan fingerprint density at radius 2 is 1.33 bits per heavy atom. The van der Waals surface area contributed by atoms with Gasteiger partial charge in [0.05, 0.1) is 13.5 Å². The highest BCUT2D eigenvalue weighted by atomic mass is 16.5. The monoisotopic (exact) mass is 339 g/mol. The summed E-state index contributed by atoms with van der Waals surface area (Å²) >= 11 is 0. The maximum Gasteiger partial charge on any atom is 0.306 e. The van der Waals surface area contributed by atoms with E-state index >= 15 is 0 Å². The molecule has 0 atom stereocenters. The molecule has 0 spiro atoms. The number of piperazine rings is 1. The number of rotatable bonds is 6. The van der Waals surface area contributed by atoms with Crippen LogP contribution < -0.4 is 0 Å². The Bertz CT molecular complexity index is 441. The van der Waals surface area contributed by atoms with Crippen LogP contribution in [0.4, 0.5) is 0 Å². The number of amides is 2. The van der Waals surface area contributed by atoms with Gasteiger partial charge in [0.25, 0.3) is 0 Å². The molecule has 0 radical (unpaired) electrons. The van der Waals surface area contributed by atoms with Gasteiger partial charge in [0.2, 0.25) is 11.8 Å². The number of piperidine rings is 1. The summed E-state index contributed by atoms with van der Waals surface area (Å²) in [6, 6.07) is 0. The third-order valence-corrected chi connectivity index (χ3v) is 4.85. The van der Waals surface area contributed by atoms with E-state index in [1.54, 1.807) is 4.90 Å². The molecule has 2 fully saturated rings. The van der Waals surface area contributed by atoms with Crippen LogP contribution in [0.1, 0.15) is 38.5 Å². The van der Waals surface area contributed by atoms with E-state index in [1.165, 1.54) is 13.5 Å². The van der Waals surface area contributed by atoms with Crippen LogP contribution in [0, 0.1) is 0 Å². The second-order valence-corrected chi connectivity index (χ2v) is 6.49. The zero-order valence-electron chi connectivity index (χ0n) is 14.7. The number of hydrogen-bond acceptors (Lipinski definition) is 5. The minimum absolute atomic E-state index is 0.00411. The van der Waals surface area contributed by atoms with E-state index in [9.17, 15) is 14.4 Å². The molecule has 2 heterocycles. The zero-order chi connectivity index (χ0) is 17.4. The maximum absolute atomic E-state index is 12.2. The number of esters is 1. The predicted molar refractivity (Wildman–Crippen MR) is 89.3 cm³/mol. The molecule has 0 aromatic carbocycles. The van der Waals surface area contributed by atoms with Crippen molar-refractivity contribution in [1.82, 2.24) is 14.7 Å². The lowest BCUT2D eigenvalue weighted by atomic mass is 10.1. The van der Waals surface area contributed by atoms with Crippen molar-refractivity contribution in [1.29, 1.82) is 0 Å². The highest BCUT2D eigenvalue weighted by Crippen LogP contribution is 2.11. The molecule has 7 heteroatoms. The number of methoxy groups -OCH3 is 1. The van der Waals surface area contributed by atoms with E-state index in [4.69, 9.17) is 0 Å². The van der Waals surface area contributed by atoms with Crippen molar-refractivity contribution in [3.63, 3.8) is 0 Å². The van der Waals surface area contributed by atoms with Crippen molar-refractivity contribution in [2.75, 3.05) is 52.9 Å². The van der Waals surface area contributed by atoms with E-state index in [-0.39, 0.29) is 30.6 Å². The van der Waals surface area contributed by atoms with Gasteiger partial charge in [-0.25, -0.2) is 0 Å². The largest absolute Gasteiger partial charge is 0.469 e. The molecule has 2 amide bonds. The summed E-state index contributed by atoms with van der Waals surface area (Å²) in [5.74, 6) is -0.0889. The van der Waals surface area contributed by atoms with Gasteiger partial charge in [-0.05, 0) is 19.3 Å². The third-order valence-electron chi connectivity index (χ3n) is 4.85. The van der Waals surface area contributed by atoms with Crippen LogP contribution in [0.5, 0.6) is 0 Å². The molecule has 2 saturated heterocycles. The summed E-state index contributed by atoms with van der Waals surface area (Å²) in [6.45, 7) is 5.48. The molecule has 0 unspecified atom stereocenters. The van der Waals surface area contributed by atoms with Crippen LogP contribution in [-0.4, -0.2) is 85.4 Å². The van der Waals surface area contributed by atoms with Crippen LogP contribution in [0.3, 0.4) is 0 Å². The van der Waals surface area contributed by atoms with Crippen molar-refractivity contribution in [2.45, 2.75) is 38.5 Å². The summed E-state index contributed by atoms with van der Waals surface area (Å²) in [5, 5.41) is 0. The summed E-state index contributed by atoms with van der Waals surface area (Å²) in [7, 11) is 1.33. The average Bonchev–Trinajstić information content (AvgIpc) is 2.64. The Morgan fingerprint density at radius 3 is 1.96 bits per heavy atom. The van der Waals surface area contributed by atoms with Crippen LogP contribution in [0.15, 0.2) is 0 Å². The number of ether oxygens (including phenoxy) is 1. The van der Waals surface area contributed by atoms with E-state index in [0.717, 1.165) is 45.6 Å². The summed E-state index contributed by atoms with van der Waals surface area (Å²) < 4.78 is 4.56. The Hall–Kier alpha value is -1.63. The summed E-state index contributed by atoms with van der Waals surface area (Å²) in [4.78, 5) is 41.3. The molecule has 0 saturated carbocycles. The van der Waals surface area contributed by atoms with Crippen LogP contribution in [0.25, 0.3) is 0 Å². The lowest BCUT2D eigenvalue weighted by Crippen LogP contribution is -2.49. The number of hydrogen-bond donors (Lipinski definition) is 0. The van der Waals surface area contributed by atoms with Crippen LogP contribution in [-0.2, 0) is 19.1 Å². The van der Waals surface area contributed by atoms with E-state index in [0.29, 0.717) is 19.5 Å². The lowest BCUT2D eigenvalue weighted by Gasteiger charge is -2.35. The van der Waals surface area contributed by atoms with Crippen molar-refractivity contribution in [3.05, 3.63) is 0 Å². The van der Waals surface area contributed by atoms with Crippen LogP contribution in [0.2, 0.25) is 0 Å². The quantitative estimate of drug-likeness (QED) is 0.659. The Balaban J connectivity index is 1.62. The van der Waals surface area contributed by atoms with Crippen molar-refractivity contribution in [3.8, 4) is 0 Å². The minimum Gasteiger partial charge on any atom is -0.469 e. The van der Waals surface area contributed by atoms with Gasteiger partial charge >= 0.3 is 5.97 Å². The lowest BCUT2D eigenvalue weighted by molar-refractivity contribution is -0.144. The summed E-state index contributed by atoms with van der Waals surface area (Å²) in [6.07, 6.45) is 4.39. The van der Waals surface area contributed by atoms with Crippen LogP contribution >= 0.6 is 0 Å². The molecule has 24 heavy (non-hydrogen) atoms. The van der Waals surface area contributed by atoms with Gasteiger partial charge in [0, 0.05) is 58.7 Å². The number of likely N-dealkylation sites (tertiary alicyclic amines) is 1. The van der Waals surface area contributed by atoms with Gasteiger partial charge < -0.3 is 14.5 Å². The van der Waals surface area contributed by atoms with E-state index < -0.39 is 0 Å². The predicted octanol–water partition coefficient (Wildman–Crippen LogP) is 0.486. The summed E-state index contributed by atoms with van der Waals surface area (Å²) in [5.41, 5.74) is 0. The topological polar surface area (TPSA) is 70.2 Å². The first-order valence-corrected chi connectivity index (χ1v) is 8.95. The average molecular weight is 339 g/mol. The first-order chi connectivity index (χ1) is 11.6. The highest BCUT2D eigenvalue weighted by molar-refractivity contribution is 5.81. The Morgan fingerprint density at radius 1 is 0.750 bits per heavy atom. The molecule has 0 N–H and O–H groups in total. The highest BCUT2D eigenvalue weighted by Gasteiger charge is 2.23. The van der Waals surface area contributed by atoms with E-state index in [2.05, 4.69) is 9.64 Å². The molecule has 0 aromatic heterocycles. The number of carbonyl (C=O) groups excluding carboxylic acids is 3. The number of nitrogens with zero attached hydrogens (tertiary/aromatic N) is 3. The van der Waals surface area contributed by atoms with Gasteiger partial charge in [0.15, 0.2) is 0 Å². The van der Waals surface area contributed by atoms with Crippen molar-refractivity contribution < 1.29 is 19.1 Å². The molecule has 0 bridgehead atoms. The fraction of sp³-hybridized carbons (Fsp3) is 0.824. The first kappa shape index (κ1) is 18.7. The molecule has 2 aliphatic heterocycles. The Kier molecular flexibility index (Phi) is 7.49.